The first-order chi connectivity index (χ1) is 16.6. The summed E-state index contributed by atoms with van der Waals surface area (Å²) >= 11 is 1.89. The third-order valence-corrected chi connectivity index (χ3v) is 7.59. The average molecular weight is 484 g/mol. The number of nitrogens with zero attached hydrogens (tertiary/aromatic N) is 2. The summed E-state index contributed by atoms with van der Waals surface area (Å²) in [7, 11) is 0. The minimum absolute atomic E-state index is 0.00288. The molecule has 2 aromatic heterocycles. The molecule has 2 fully saturated rings. The summed E-state index contributed by atoms with van der Waals surface area (Å²) in [6.45, 7) is 1.03. The van der Waals surface area contributed by atoms with Gasteiger partial charge in [-0.25, -0.2) is 4.79 Å². The molecule has 2 aliphatic heterocycles. The number of carbonyl (C=O) groups excluding carboxylic acids is 3. The van der Waals surface area contributed by atoms with Crippen LogP contribution in [-0.2, 0) is 16.1 Å². The highest BCUT2D eigenvalue weighted by atomic mass is 32.2. The molecule has 0 saturated carbocycles. The molecule has 4 amide bonds. The fourth-order valence-corrected chi connectivity index (χ4v) is 5.83. The summed E-state index contributed by atoms with van der Waals surface area (Å²) in [5.41, 5.74) is 2.14. The zero-order valence-electron chi connectivity index (χ0n) is 19.0. The Labute approximate surface area is 203 Å². The Morgan fingerprint density at radius 3 is 2.47 bits per heavy atom. The van der Waals surface area contributed by atoms with Crippen LogP contribution in [0.25, 0.3) is 11.1 Å². The van der Waals surface area contributed by atoms with E-state index >= 15 is 0 Å². The van der Waals surface area contributed by atoms with Crippen molar-refractivity contribution in [1.82, 2.24) is 26.3 Å². The molecule has 180 valence electrons. The molecule has 0 aromatic carbocycles. The maximum absolute atomic E-state index is 12.2. The van der Waals surface area contributed by atoms with E-state index in [1.54, 1.807) is 12.4 Å². The number of fused-ring (bicyclic) bond motifs is 1. The standard InChI is InChI=1S/C24H30N6O3S/c31-21(4-2-1-3-20-23-19(16-34-20)28-24(33)29-23)26-11-12-27-22(32)15-30-13-7-18(8-14-30)17-5-9-25-10-6-17/h5-10,13-14,19-20,23H,1-4,11-12,15-16H2,(H3-,26,27,28,29,31,32,33)/p+1. The fraction of sp³-hybridized carbons (Fsp3) is 0.458. The van der Waals surface area contributed by atoms with Gasteiger partial charge in [0.05, 0.1) is 12.1 Å². The van der Waals surface area contributed by atoms with Gasteiger partial charge in [-0.15, -0.1) is 0 Å². The topological polar surface area (TPSA) is 116 Å². The van der Waals surface area contributed by atoms with Gasteiger partial charge in [0.2, 0.25) is 12.5 Å². The van der Waals surface area contributed by atoms with Gasteiger partial charge in [0.15, 0.2) is 12.4 Å². The normalized spacial score (nSPS) is 20.8. The van der Waals surface area contributed by atoms with Crippen LogP contribution in [0.1, 0.15) is 25.7 Å². The van der Waals surface area contributed by atoms with Gasteiger partial charge in [0.25, 0.3) is 5.91 Å². The van der Waals surface area contributed by atoms with E-state index in [1.165, 1.54) is 0 Å². The largest absolute Gasteiger partial charge is 0.354 e. The van der Waals surface area contributed by atoms with Crippen LogP contribution in [0.3, 0.4) is 0 Å². The summed E-state index contributed by atoms with van der Waals surface area (Å²) in [5, 5.41) is 12.1. The molecule has 10 heteroatoms. The number of hydrogen-bond donors (Lipinski definition) is 4. The lowest BCUT2D eigenvalue weighted by Crippen LogP contribution is -2.44. The van der Waals surface area contributed by atoms with Crippen molar-refractivity contribution in [2.24, 2.45) is 0 Å². The first-order valence-electron chi connectivity index (χ1n) is 11.7. The number of urea groups is 1. The summed E-state index contributed by atoms with van der Waals surface area (Å²) in [4.78, 5) is 39.7. The van der Waals surface area contributed by atoms with Crippen molar-refractivity contribution in [3.63, 3.8) is 0 Å². The highest BCUT2D eigenvalue weighted by Gasteiger charge is 2.42. The Morgan fingerprint density at radius 2 is 1.71 bits per heavy atom. The zero-order chi connectivity index (χ0) is 23.8. The second kappa shape index (κ2) is 11.8. The van der Waals surface area contributed by atoms with Gasteiger partial charge in [-0.1, -0.05) is 6.42 Å². The van der Waals surface area contributed by atoms with Gasteiger partial charge < -0.3 is 21.3 Å². The third-order valence-electron chi connectivity index (χ3n) is 6.08. The highest BCUT2D eigenvalue weighted by molar-refractivity contribution is 8.00. The quantitative estimate of drug-likeness (QED) is 0.216. The molecule has 2 aromatic rings. The minimum Gasteiger partial charge on any atom is -0.354 e. The van der Waals surface area contributed by atoms with E-state index in [0.717, 1.165) is 36.1 Å². The molecular weight excluding hydrogens is 452 g/mol. The molecule has 4 N–H and O–H groups in total. The van der Waals surface area contributed by atoms with Crippen molar-refractivity contribution in [3.05, 3.63) is 49.1 Å². The Morgan fingerprint density at radius 1 is 1.00 bits per heavy atom. The van der Waals surface area contributed by atoms with E-state index in [9.17, 15) is 14.4 Å². The second-order valence-electron chi connectivity index (χ2n) is 8.56. The summed E-state index contributed by atoms with van der Waals surface area (Å²) in [6.07, 6.45) is 10.5. The number of nitrogens with one attached hydrogen (secondary N) is 4. The Balaban J connectivity index is 1.05. The number of hydrogen-bond acceptors (Lipinski definition) is 5. The molecule has 2 aliphatic rings. The van der Waals surface area contributed by atoms with E-state index < -0.39 is 0 Å². The predicted molar refractivity (Wildman–Crippen MR) is 130 cm³/mol. The second-order valence-corrected chi connectivity index (χ2v) is 9.83. The lowest BCUT2D eigenvalue weighted by atomic mass is 10.0. The molecule has 2 saturated heterocycles. The molecule has 3 unspecified atom stereocenters. The van der Waals surface area contributed by atoms with E-state index in [1.807, 2.05) is 53.0 Å². The van der Waals surface area contributed by atoms with Crippen LogP contribution in [0.4, 0.5) is 4.79 Å². The van der Waals surface area contributed by atoms with Gasteiger partial charge in [-0.3, -0.25) is 14.6 Å². The number of carbonyl (C=O) groups is 3. The van der Waals surface area contributed by atoms with Crippen LogP contribution in [0.2, 0.25) is 0 Å². The summed E-state index contributed by atoms with van der Waals surface area (Å²) in [5.74, 6) is 0.857. The highest BCUT2D eigenvalue weighted by Crippen LogP contribution is 2.33. The van der Waals surface area contributed by atoms with Crippen LogP contribution >= 0.6 is 11.8 Å². The molecule has 4 heterocycles. The zero-order valence-corrected chi connectivity index (χ0v) is 19.9. The van der Waals surface area contributed by atoms with Crippen LogP contribution in [0, 0.1) is 0 Å². The van der Waals surface area contributed by atoms with Crippen LogP contribution in [-0.4, -0.2) is 59.0 Å². The number of pyridine rings is 2. The summed E-state index contributed by atoms with van der Waals surface area (Å²) < 4.78 is 1.82. The van der Waals surface area contributed by atoms with Gasteiger partial charge in [0.1, 0.15) is 0 Å². The first kappa shape index (κ1) is 24.0. The van der Waals surface area contributed by atoms with Gasteiger partial charge >= 0.3 is 6.03 Å². The number of thioether (sulfide) groups is 1. The van der Waals surface area contributed by atoms with Crippen molar-refractivity contribution in [3.8, 4) is 11.1 Å². The SMILES string of the molecule is O=C(CCCCC1SCC2NC(=O)NC21)NCCNC(=O)C[n+]1ccc(-c2ccncc2)cc1. The lowest BCUT2D eigenvalue weighted by molar-refractivity contribution is -0.684. The smallest absolute Gasteiger partial charge is 0.315 e. The van der Waals surface area contributed by atoms with E-state index in [2.05, 4.69) is 26.3 Å². The molecule has 0 aliphatic carbocycles. The van der Waals surface area contributed by atoms with Crippen molar-refractivity contribution < 1.29 is 19.0 Å². The predicted octanol–water partition coefficient (Wildman–Crippen LogP) is 0.994. The Hall–Kier alpha value is -3.14. The van der Waals surface area contributed by atoms with Crippen LogP contribution < -0.4 is 25.8 Å². The molecule has 0 radical (unpaired) electrons. The monoisotopic (exact) mass is 483 g/mol. The van der Waals surface area contributed by atoms with Gasteiger partial charge in [0, 0.05) is 55.0 Å². The maximum Gasteiger partial charge on any atom is 0.315 e. The van der Waals surface area contributed by atoms with Gasteiger partial charge in [-0.05, 0) is 36.1 Å². The number of amides is 4. The molecule has 34 heavy (non-hydrogen) atoms. The fourth-order valence-electron chi connectivity index (χ4n) is 4.29. The summed E-state index contributed by atoms with van der Waals surface area (Å²) in [6, 6.07) is 8.21. The number of unbranched alkanes of at least 4 members (excludes halogenated alkanes) is 1. The van der Waals surface area contributed by atoms with E-state index in [4.69, 9.17) is 0 Å². The lowest BCUT2D eigenvalue weighted by Gasteiger charge is -2.16. The molecule has 3 atom stereocenters. The first-order valence-corrected chi connectivity index (χ1v) is 12.7. The molecular formula is C24H31N6O3S+. The Kier molecular flexibility index (Phi) is 8.35. The Bertz CT molecular complexity index is 988. The molecule has 4 rings (SSSR count). The van der Waals surface area contributed by atoms with Crippen LogP contribution in [0.5, 0.6) is 0 Å². The van der Waals surface area contributed by atoms with Crippen molar-refractivity contribution >= 4 is 29.6 Å². The minimum atomic E-state index is -0.100. The number of rotatable bonds is 11. The van der Waals surface area contributed by atoms with Crippen LogP contribution in [0.15, 0.2) is 49.1 Å². The maximum atomic E-state index is 12.2. The van der Waals surface area contributed by atoms with Crippen molar-refractivity contribution in [1.29, 1.82) is 0 Å². The molecule has 9 nitrogen and oxygen atoms in total. The van der Waals surface area contributed by atoms with Crippen molar-refractivity contribution in [2.75, 3.05) is 18.8 Å². The van der Waals surface area contributed by atoms with E-state index in [-0.39, 0.29) is 36.5 Å². The molecule has 0 bridgehead atoms. The number of aromatic nitrogens is 2. The van der Waals surface area contributed by atoms with Crippen molar-refractivity contribution in [2.45, 2.75) is 49.6 Å². The van der Waals surface area contributed by atoms with Gasteiger partial charge in [-0.2, -0.15) is 16.3 Å². The molecule has 0 spiro atoms. The van der Waals surface area contributed by atoms with E-state index in [0.29, 0.717) is 24.8 Å². The third kappa shape index (κ3) is 6.69. The average Bonchev–Trinajstić information content (AvgIpc) is 3.40.